The van der Waals surface area contributed by atoms with Crippen molar-refractivity contribution in [3.05, 3.63) is 82.5 Å². The van der Waals surface area contributed by atoms with E-state index in [1.807, 2.05) is 0 Å². The molecular formula is C23H19F3N8O2S. The lowest BCUT2D eigenvalue weighted by Crippen LogP contribution is -2.27. The molecule has 0 spiro atoms. The Balaban J connectivity index is 1.25. The number of pyridine rings is 1. The van der Waals surface area contributed by atoms with Gasteiger partial charge in [-0.25, -0.2) is 14.8 Å². The molecular weight excluding hydrogens is 509 g/mol. The van der Waals surface area contributed by atoms with Gasteiger partial charge in [-0.05, 0) is 29.1 Å². The van der Waals surface area contributed by atoms with Crippen molar-refractivity contribution in [1.29, 1.82) is 0 Å². The summed E-state index contributed by atoms with van der Waals surface area (Å²) in [5.41, 5.74) is 5.76. The molecule has 4 heterocycles. The fraction of sp³-hybridized carbons (Fsp3) is 0.174. The van der Waals surface area contributed by atoms with E-state index in [9.17, 15) is 18.0 Å². The predicted molar refractivity (Wildman–Crippen MR) is 129 cm³/mol. The third-order valence-corrected chi connectivity index (χ3v) is 6.16. The van der Waals surface area contributed by atoms with E-state index in [2.05, 4.69) is 25.5 Å². The van der Waals surface area contributed by atoms with Gasteiger partial charge in [-0.3, -0.25) is 9.36 Å². The number of thiazole rings is 1. The van der Waals surface area contributed by atoms with Crippen molar-refractivity contribution in [2.45, 2.75) is 25.8 Å². The van der Waals surface area contributed by atoms with Crippen LogP contribution in [0.25, 0.3) is 10.8 Å². The van der Waals surface area contributed by atoms with Crippen molar-refractivity contribution in [3.8, 4) is 5.75 Å². The molecule has 0 unspecified atom stereocenters. The smallest absolute Gasteiger partial charge is 0.406 e. The Labute approximate surface area is 211 Å². The molecule has 0 bridgehead atoms. The molecule has 1 aromatic carbocycles. The Kier molecular flexibility index (Phi) is 6.48. The molecule has 0 atom stereocenters. The molecule has 3 N–H and O–H groups in total. The summed E-state index contributed by atoms with van der Waals surface area (Å²) in [4.78, 5) is 20.7. The first kappa shape index (κ1) is 24.2. The van der Waals surface area contributed by atoms with Gasteiger partial charge in [0, 0.05) is 35.9 Å². The second kappa shape index (κ2) is 9.89. The fourth-order valence-electron chi connectivity index (χ4n) is 3.62. The molecule has 5 rings (SSSR count). The molecule has 0 saturated heterocycles. The number of alkyl halides is 3. The van der Waals surface area contributed by atoms with Gasteiger partial charge in [-0.1, -0.05) is 12.1 Å². The van der Waals surface area contributed by atoms with Crippen LogP contribution in [0.5, 0.6) is 5.75 Å². The maximum Gasteiger partial charge on any atom is 0.438 e. The molecule has 14 heteroatoms. The van der Waals surface area contributed by atoms with Crippen molar-refractivity contribution < 1.29 is 22.7 Å². The zero-order chi connectivity index (χ0) is 26.0. The molecule has 190 valence electrons. The summed E-state index contributed by atoms with van der Waals surface area (Å²) in [5, 5.41) is 14.2. The number of nitrogen functional groups attached to an aromatic ring is 1. The second-order valence-corrected chi connectivity index (χ2v) is 8.91. The highest BCUT2D eigenvalue weighted by Crippen LogP contribution is 2.35. The van der Waals surface area contributed by atoms with Crippen molar-refractivity contribution in [2.24, 2.45) is 0 Å². The van der Waals surface area contributed by atoms with Gasteiger partial charge in [0.25, 0.3) is 0 Å². The number of hydrogen-bond acceptors (Lipinski definition) is 8. The van der Waals surface area contributed by atoms with E-state index in [0.29, 0.717) is 23.6 Å². The van der Waals surface area contributed by atoms with Gasteiger partial charge in [0.15, 0.2) is 5.75 Å². The number of benzene rings is 1. The minimum atomic E-state index is -4.82. The van der Waals surface area contributed by atoms with E-state index in [1.165, 1.54) is 11.3 Å². The van der Waals surface area contributed by atoms with Gasteiger partial charge < -0.3 is 15.8 Å². The Morgan fingerprint density at radius 2 is 2.03 bits per heavy atom. The topological polar surface area (TPSA) is 126 Å². The van der Waals surface area contributed by atoms with Crippen LogP contribution in [0.1, 0.15) is 22.0 Å². The summed E-state index contributed by atoms with van der Waals surface area (Å²) in [5.74, 6) is -0.325. The summed E-state index contributed by atoms with van der Waals surface area (Å²) in [6.07, 6.45) is 0.151. The van der Waals surface area contributed by atoms with Crippen LogP contribution in [0, 0.1) is 0 Å². The van der Waals surface area contributed by atoms with Crippen molar-refractivity contribution >= 4 is 34.0 Å². The quantitative estimate of drug-likeness (QED) is 0.326. The zero-order valence-corrected chi connectivity index (χ0v) is 19.8. The summed E-state index contributed by atoms with van der Waals surface area (Å²) in [6.45, 7) is 0.448. The number of carbonyl (C=O) groups is 1. The molecule has 37 heavy (non-hydrogen) atoms. The van der Waals surface area contributed by atoms with Crippen molar-refractivity contribution in [1.82, 2.24) is 34.8 Å². The predicted octanol–water partition coefficient (Wildman–Crippen LogP) is 4.07. The normalized spacial score (nSPS) is 11.6. The lowest BCUT2D eigenvalue weighted by Gasteiger charge is -2.09. The van der Waals surface area contributed by atoms with Gasteiger partial charge >= 0.3 is 12.3 Å². The number of fused-ring (bicyclic) bond motifs is 1. The van der Waals surface area contributed by atoms with Crippen LogP contribution < -0.4 is 15.8 Å². The van der Waals surface area contributed by atoms with Gasteiger partial charge in [0.2, 0.25) is 5.69 Å². The lowest BCUT2D eigenvalue weighted by atomic mass is 10.1. The summed E-state index contributed by atoms with van der Waals surface area (Å²) in [7, 11) is 0. The number of aromatic nitrogens is 6. The van der Waals surface area contributed by atoms with E-state index in [-0.39, 0.29) is 13.1 Å². The highest BCUT2D eigenvalue weighted by atomic mass is 32.1. The molecule has 0 aliphatic heterocycles. The van der Waals surface area contributed by atoms with Crippen LogP contribution in [0.4, 0.5) is 23.8 Å². The van der Waals surface area contributed by atoms with Crippen LogP contribution in [-0.4, -0.2) is 35.6 Å². The van der Waals surface area contributed by atoms with Crippen LogP contribution in [0.2, 0.25) is 0 Å². The number of rotatable bonds is 7. The standard InChI is InChI=1S/C23H19F3N8O2S/c24-23(25,26)20-18(11-34(32-20)10-16-13-37-19(31-16)12-33-7-1-5-30-33)36-22(35)29-9-14-2-3-17-15(8-14)4-6-28-21(17)27/h1-8,11,13H,9-10,12H2,(H2,27,28)(H,29,35). The lowest BCUT2D eigenvalue weighted by molar-refractivity contribution is -0.142. The average molecular weight is 529 g/mol. The Bertz CT molecular complexity index is 1550. The molecule has 0 aliphatic rings. The highest BCUT2D eigenvalue weighted by Gasteiger charge is 2.39. The van der Waals surface area contributed by atoms with Crippen LogP contribution in [-0.2, 0) is 25.8 Å². The number of carbonyl (C=O) groups excluding carboxylic acids is 1. The number of halogens is 3. The molecule has 1 amide bonds. The Morgan fingerprint density at radius 1 is 1.16 bits per heavy atom. The number of anilines is 1. The summed E-state index contributed by atoms with van der Waals surface area (Å²) >= 11 is 1.36. The first-order valence-electron chi connectivity index (χ1n) is 10.9. The monoisotopic (exact) mass is 528 g/mol. The maximum absolute atomic E-state index is 13.6. The highest BCUT2D eigenvalue weighted by molar-refractivity contribution is 7.09. The number of hydrogen-bond donors (Lipinski definition) is 2. The van der Waals surface area contributed by atoms with Crippen LogP contribution in [0.3, 0.4) is 0 Å². The van der Waals surface area contributed by atoms with Gasteiger partial charge in [-0.2, -0.15) is 23.4 Å². The Morgan fingerprint density at radius 3 is 2.81 bits per heavy atom. The molecule has 0 aliphatic carbocycles. The van der Waals surface area contributed by atoms with Crippen LogP contribution >= 0.6 is 11.3 Å². The number of ether oxygens (including phenoxy) is 1. The first-order valence-corrected chi connectivity index (χ1v) is 11.8. The van der Waals surface area contributed by atoms with E-state index >= 15 is 0 Å². The summed E-state index contributed by atoms with van der Waals surface area (Å²) < 4.78 is 48.4. The maximum atomic E-state index is 13.6. The molecule has 4 aromatic heterocycles. The van der Waals surface area contributed by atoms with E-state index < -0.39 is 23.7 Å². The largest absolute Gasteiger partial charge is 0.438 e. The van der Waals surface area contributed by atoms with Crippen molar-refractivity contribution in [2.75, 3.05) is 5.73 Å². The van der Waals surface area contributed by atoms with Gasteiger partial charge in [-0.15, -0.1) is 11.3 Å². The minimum absolute atomic E-state index is 0.0290. The number of amides is 1. The third-order valence-electron chi connectivity index (χ3n) is 5.28. The molecule has 0 radical (unpaired) electrons. The summed E-state index contributed by atoms with van der Waals surface area (Å²) in [6, 6.07) is 8.82. The van der Waals surface area contributed by atoms with Gasteiger partial charge in [0.05, 0.1) is 25.0 Å². The molecule has 0 fully saturated rings. The molecule has 0 saturated carbocycles. The van der Waals surface area contributed by atoms with Crippen molar-refractivity contribution in [3.63, 3.8) is 0 Å². The second-order valence-electron chi connectivity index (χ2n) is 7.97. The number of nitrogens with two attached hydrogens (primary N) is 1. The minimum Gasteiger partial charge on any atom is -0.406 e. The zero-order valence-electron chi connectivity index (χ0n) is 19.0. The van der Waals surface area contributed by atoms with E-state index in [1.54, 1.807) is 59.0 Å². The number of nitrogens with one attached hydrogen (secondary N) is 1. The third kappa shape index (κ3) is 5.69. The van der Waals surface area contributed by atoms with Crippen LogP contribution in [0.15, 0.2) is 60.5 Å². The fourth-order valence-corrected chi connectivity index (χ4v) is 4.39. The first-order chi connectivity index (χ1) is 17.7. The number of nitrogens with zero attached hydrogens (tertiary/aromatic N) is 6. The van der Waals surface area contributed by atoms with Gasteiger partial charge in [0.1, 0.15) is 10.8 Å². The van der Waals surface area contributed by atoms with E-state index in [4.69, 9.17) is 10.5 Å². The van der Waals surface area contributed by atoms with E-state index in [0.717, 1.165) is 26.7 Å². The molecule has 10 nitrogen and oxygen atoms in total. The Hall–Kier alpha value is -4.46. The molecule has 5 aromatic rings. The SMILES string of the molecule is Nc1nccc2cc(CNC(=O)Oc3cn(Cc4csc(Cn5cccn5)n4)nc3C(F)(F)F)ccc12. The average Bonchev–Trinajstić information content (AvgIpc) is 3.60.